The van der Waals surface area contributed by atoms with E-state index in [1.54, 1.807) is 12.3 Å². The van der Waals surface area contributed by atoms with E-state index >= 15 is 0 Å². The Morgan fingerprint density at radius 3 is 2.05 bits per heavy atom. The summed E-state index contributed by atoms with van der Waals surface area (Å²) < 4.78 is 6.46. The highest BCUT2D eigenvalue weighted by Gasteiger charge is 2.44. The van der Waals surface area contributed by atoms with Crippen LogP contribution in [0.25, 0.3) is 0 Å². The molecule has 0 saturated carbocycles. The zero-order chi connectivity index (χ0) is 16.9. The Morgan fingerprint density at radius 1 is 1.09 bits per heavy atom. The monoisotopic (exact) mass is 343 g/mol. The summed E-state index contributed by atoms with van der Waals surface area (Å²) in [7, 11) is -1.85. The first-order chi connectivity index (χ1) is 10.2. The topological polar surface area (TPSA) is 42.4 Å². The van der Waals surface area contributed by atoms with Gasteiger partial charge in [-0.1, -0.05) is 59.2 Å². The quantitative estimate of drug-likeness (QED) is 0.511. The van der Waals surface area contributed by atoms with Gasteiger partial charge in [-0.05, 0) is 34.7 Å². The van der Waals surface area contributed by atoms with Crippen molar-refractivity contribution in [1.29, 1.82) is 0 Å². The van der Waals surface area contributed by atoms with Crippen LogP contribution in [-0.2, 0) is 4.43 Å². The predicted octanol–water partition coefficient (Wildman–Crippen LogP) is 5.35. The summed E-state index contributed by atoms with van der Waals surface area (Å²) >= 11 is 5.77. The molecule has 1 rings (SSSR count). The number of aliphatic hydroxyl groups excluding tert-OH is 1. The standard InChI is InChI=1S/C17H30ClNO2Si/c1-12(2)22(13(3)4,14(5)6)21-10-9-16(20)15-7-8-17(18)19-11-15/h7-8,11-14,16,20H,9-10H2,1-6H3/t16-/m0/s1. The molecule has 22 heavy (non-hydrogen) atoms. The molecule has 1 aromatic heterocycles. The fourth-order valence-corrected chi connectivity index (χ4v) is 9.18. The lowest BCUT2D eigenvalue weighted by Gasteiger charge is -2.42. The zero-order valence-electron chi connectivity index (χ0n) is 14.6. The van der Waals surface area contributed by atoms with E-state index in [0.717, 1.165) is 5.56 Å². The number of hydrogen-bond acceptors (Lipinski definition) is 3. The van der Waals surface area contributed by atoms with Crippen LogP contribution in [0.4, 0.5) is 0 Å². The Bertz CT molecular complexity index is 427. The van der Waals surface area contributed by atoms with Gasteiger partial charge < -0.3 is 9.53 Å². The van der Waals surface area contributed by atoms with E-state index in [1.807, 2.05) is 6.07 Å². The van der Waals surface area contributed by atoms with Crippen molar-refractivity contribution in [3.63, 3.8) is 0 Å². The number of aromatic nitrogens is 1. The van der Waals surface area contributed by atoms with Crippen LogP contribution < -0.4 is 0 Å². The van der Waals surface area contributed by atoms with Gasteiger partial charge in [-0.2, -0.15) is 0 Å². The summed E-state index contributed by atoms with van der Waals surface area (Å²) in [6, 6.07) is 3.52. The van der Waals surface area contributed by atoms with Crippen LogP contribution in [0.5, 0.6) is 0 Å². The van der Waals surface area contributed by atoms with Crippen LogP contribution in [0.15, 0.2) is 18.3 Å². The smallest absolute Gasteiger partial charge is 0.200 e. The van der Waals surface area contributed by atoms with E-state index in [0.29, 0.717) is 34.8 Å². The van der Waals surface area contributed by atoms with E-state index in [9.17, 15) is 5.11 Å². The van der Waals surface area contributed by atoms with E-state index in [1.165, 1.54) is 0 Å². The van der Waals surface area contributed by atoms with Gasteiger partial charge in [0.05, 0.1) is 6.10 Å². The minimum atomic E-state index is -1.85. The molecule has 1 aromatic rings. The Hall–Kier alpha value is -0.423. The lowest BCUT2D eigenvalue weighted by atomic mass is 10.1. The molecule has 1 heterocycles. The molecule has 0 unspecified atom stereocenters. The molecule has 3 nitrogen and oxygen atoms in total. The highest BCUT2D eigenvalue weighted by molar-refractivity contribution is 6.77. The normalized spacial score (nSPS) is 14.1. The second kappa shape index (κ2) is 8.43. The SMILES string of the molecule is CC(C)[Si](OCC[C@H](O)c1ccc(Cl)nc1)(C(C)C)C(C)C. The molecule has 126 valence electrons. The third kappa shape index (κ3) is 4.54. The molecule has 0 aliphatic heterocycles. The summed E-state index contributed by atoms with van der Waals surface area (Å²) in [5.41, 5.74) is 2.46. The van der Waals surface area contributed by atoms with Crippen molar-refractivity contribution in [2.75, 3.05) is 6.61 Å². The number of rotatable bonds is 8. The van der Waals surface area contributed by atoms with Crippen molar-refractivity contribution in [3.05, 3.63) is 29.0 Å². The molecule has 1 N–H and O–H groups in total. The molecule has 0 radical (unpaired) electrons. The Balaban J connectivity index is 2.68. The molecule has 0 aliphatic carbocycles. The molecule has 0 bridgehead atoms. The summed E-state index contributed by atoms with van der Waals surface area (Å²) in [6.07, 6.45) is 1.66. The molecular formula is C17H30ClNO2Si. The summed E-state index contributed by atoms with van der Waals surface area (Å²) in [4.78, 5) is 4.02. The summed E-state index contributed by atoms with van der Waals surface area (Å²) in [5, 5.41) is 10.7. The fraction of sp³-hybridized carbons (Fsp3) is 0.706. The largest absolute Gasteiger partial charge is 0.416 e. The molecule has 0 spiro atoms. The maximum absolute atomic E-state index is 10.3. The van der Waals surface area contributed by atoms with Gasteiger partial charge >= 0.3 is 0 Å². The number of nitrogens with zero attached hydrogens (tertiary/aromatic N) is 1. The fourth-order valence-electron chi connectivity index (χ4n) is 3.60. The van der Waals surface area contributed by atoms with Crippen molar-refractivity contribution in [2.24, 2.45) is 0 Å². The first kappa shape index (κ1) is 19.6. The van der Waals surface area contributed by atoms with Crippen LogP contribution in [0, 0.1) is 0 Å². The molecule has 0 amide bonds. The number of pyridine rings is 1. The summed E-state index contributed by atoms with van der Waals surface area (Å²) in [6.45, 7) is 14.2. The maximum atomic E-state index is 10.3. The van der Waals surface area contributed by atoms with Crippen molar-refractivity contribution in [3.8, 4) is 0 Å². The molecule has 1 atom stereocenters. The van der Waals surface area contributed by atoms with Gasteiger partial charge in [0.25, 0.3) is 0 Å². The van der Waals surface area contributed by atoms with Gasteiger partial charge in [-0.15, -0.1) is 0 Å². The number of halogens is 1. The number of aliphatic hydroxyl groups is 1. The Morgan fingerprint density at radius 2 is 1.64 bits per heavy atom. The zero-order valence-corrected chi connectivity index (χ0v) is 16.4. The van der Waals surface area contributed by atoms with E-state index < -0.39 is 14.4 Å². The molecule has 0 aromatic carbocycles. The van der Waals surface area contributed by atoms with E-state index in [4.69, 9.17) is 16.0 Å². The second-order valence-electron chi connectivity index (χ2n) is 6.88. The van der Waals surface area contributed by atoms with E-state index in [2.05, 4.69) is 46.5 Å². The van der Waals surface area contributed by atoms with Crippen LogP contribution in [0.1, 0.15) is 59.6 Å². The molecular weight excluding hydrogens is 314 g/mol. The Labute approximate surface area is 141 Å². The van der Waals surface area contributed by atoms with Gasteiger partial charge in [0.2, 0.25) is 0 Å². The van der Waals surface area contributed by atoms with Crippen molar-refractivity contribution in [2.45, 2.75) is 70.7 Å². The van der Waals surface area contributed by atoms with Crippen LogP contribution in [0.2, 0.25) is 21.8 Å². The van der Waals surface area contributed by atoms with Crippen LogP contribution >= 0.6 is 11.6 Å². The lowest BCUT2D eigenvalue weighted by molar-refractivity contribution is 0.134. The van der Waals surface area contributed by atoms with Gasteiger partial charge in [0, 0.05) is 12.8 Å². The van der Waals surface area contributed by atoms with Gasteiger partial charge in [0.1, 0.15) is 5.15 Å². The maximum Gasteiger partial charge on any atom is 0.200 e. The summed E-state index contributed by atoms with van der Waals surface area (Å²) in [5.74, 6) is 0. The first-order valence-electron chi connectivity index (χ1n) is 8.15. The van der Waals surface area contributed by atoms with Crippen molar-refractivity contribution >= 4 is 19.9 Å². The van der Waals surface area contributed by atoms with Gasteiger partial charge in [0.15, 0.2) is 8.32 Å². The third-order valence-corrected chi connectivity index (χ3v) is 10.9. The highest BCUT2D eigenvalue weighted by atomic mass is 35.5. The van der Waals surface area contributed by atoms with Crippen molar-refractivity contribution < 1.29 is 9.53 Å². The van der Waals surface area contributed by atoms with Crippen LogP contribution in [-0.4, -0.2) is 25.0 Å². The predicted molar refractivity (Wildman–Crippen MR) is 95.8 cm³/mol. The second-order valence-corrected chi connectivity index (χ2v) is 12.7. The molecule has 0 saturated heterocycles. The third-order valence-electron chi connectivity index (χ3n) is 4.59. The highest BCUT2D eigenvalue weighted by Crippen LogP contribution is 2.42. The average Bonchev–Trinajstić information content (AvgIpc) is 2.42. The average molecular weight is 344 g/mol. The van der Waals surface area contributed by atoms with Crippen molar-refractivity contribution in [1.82, 2.24) is 4.98 Å². The molecule has 0 aliphatic rings. The first-order valence-corrected chi connectivity index (χ1v) is 10.7. The minimum absolute atomic E-state index is 0.443. The number of hydrogen-bond donors (Lipinski definition) is 1. The Kier molecular flexibility index (Phi) is 7.52. The van der Waals surface area contributed by atoms with Gasteiger partial charge in [-0.3, -0.25) is 0 Å². The van der Waals surface area contributed by atoms with Gasteiger partial charge in [-0.25, -0.2) is 4.98 Å². The molecule has 5 heteroatoms. The van der Waals surface area contributed by atoms with Crippen LogP contribution in [0.3, 0.4) is 0 Å². The van der Waals surface area contributed by atoms with E-state index in [-0.39, 0.29) is 0 Å². The lowest BCUT2D eigenvalue weighted by Crippen LogP contribution is -2.48. The minimum Gasteiger partial charge on any atom is -0.416 e. The molecule has 0 fully saturated rings.